The third-order valence-corrected chi connectivity index (χ3v) is 5.55. The SMILES string of the molecule is CCc1ccc(OCC(=O)Oc2ccc3c(c2)OC(N)=C(C#N)C3c2ccc([N+](=O)[O-])cc2)cc1. The minimum Gasteiger partial charge on any atom is -0.482 e. The zero-order valence-electron chi connectivity index (χ0n) is 18.8. The van der Waals surface area contributed by atoms with Crippen molar-refractivity contribution in [3.8, 4) is 23.3 Å². The molecule has 0 saturated carbocycles. The normalized spacial score (nSPS) is 14.3. The van der Waals surface area contributed by atoms with Crippen molar-refractivity contribution in [3.05, 3.63) is 105 Å². The molecule has 1 atom stereocenters. The highest BCUT2D eigenvalue weighted by Crippen LogP contribution is 2.43. The highest BCUT2D eigenvalue weighted by molar-refractivity contribution is 5.74. The number of allylic oxidation sites excluding steroid dienone is 1. The molecule has 4 rings (SSSR count). The molecule has 0 saturated heterocycles. The number of esters is 1. The second-order valence-corrected chi connectivity index (χ2v) is 7.73. The standard InChI is InChI=1S/C26H21N3O6/c1-2-16-3-9-19(10-4-16)33-15-24(30)34-20-11-12-21-23(13-20)35-26(28)22(14-27)25(21)17-5-7-18(8-6-17)29(31)32/h3-13,25H,2,15,28H2,1H3. The Morgan fingerprint density at radius 3 is 2.43 bits per heavy atom. The number of nitro groups is 1. The Labute approximate surface area is 201 Å². The Hall–Kier alpha value is -4.84. The fourth-order valence-corrected chi connectivity index (χ4v) is 3.76. The molecule has 0 fully saturated rings. The zero-order valence-corrected chi connectivity index (χ0v) is 18.8. The first kappa shape index (κ1) is 23.3. The van der Waals surface area contributed by atoms with Gasteiger partial charge in [-0.2, -0.15) is 5.26 Å². The van der Waals surface area contributed by atoms with Crippen LogP contribution in [0.5, 0.6) is 17.2 Å². The molecule has 1 unspecified atom stereocenters. The van der Waals surface area contributed by atoms with Gasteiger partial charge in [0.2, 0.25) is 5.88 Å². The predicted molar refractivity (Wildman–Crippen MR) is 126 cm³/mol. The molecule has 0 aromatic heterocycles. The van der Waals surface area contributed by atoms with E-state index < -0.39 is 16.8 Å². The number of carbonyl (C=O) groups excluding carboxylic acids is 1. The molecule has 1 aliphatic rings. The smallest absolute Gasteiger partial charge is 0.349 e. The predicted octanol–water partition coefficient (Wildman–Crippen LogP) is 4.36. The molecule has 0 aliphatic carbocycles. The third-order valence-electron chi connectivity index (χ3n) is 5.55. The fraction of sp³-hybridized carbons (Fsp3) is 0.154. The van der Waals surface area contributed by atoms with Crippen molar-refractivity contribution in [2.45, 2.75) is 19.3 Å². The second kappa shape index (κ2) is 9.97. The van der Waals surface area contributed by atoms with E-state index in [-0.39, 0.29) is 29.5 Å². The van der Waals surface area contributed by atoms with E-state index in [2.05, 4.69) is 6.07 Å². The number of rotatable bonds is 7. The van der Waals surface area contributed by atoms with E-state index in [1.165, 1.54) is 18.2 Å². The van der Waals surface area contributed by atoms with E-state index in [1.807, 2.05) is 19.1 Å². The molecule has 0 spiro atoms. The minimum absolute atomic E-state index is 0.0673. The summed E-state index contributed by atoms with van der Waals surface area (Å²) in [5.41, 5.74) is 8.51. The largest absolute Gasteiger partial charge is 0.482 e. The van der Waals surface area contributed by atoms with Crippen LogP contribution in [0.4, 0.5) is 5.69 Å². The van der Waals surface area contributed by atoms with Crippen molar-refractivity contribution in [2.75, 3.05) is 6.61 Å². The number of hydrogen-bond acceptors (Lipinski definition) is 8. The van der Waals surface area contributed by atoms with Crippen molar-refractivity contribution in [1.82, 2.24) is 0 Å². The maximum atomic E-state index is 12.3. The Morgan fingerprint density at radius 1 is 1.11 bits per heavy atom. The van der Waals surface area contributed by atoms with E-state index in [1.54, 1.807) is 36.4 Å². The molecule has 35 heavy (non-hydrogen) atoms. The molecule has 0 radical (unpaired) electrons. The minimum atomic E-state index is -0.603. The lowest BCUT2D eigenvalue weighted by molar-refractivity contribution is -0.384. The van der Waals surface area contributed by atoms with Crippen LogP contribution in [0.2, 0.25) is 0 Å². The van der Waals surface area contributed by atoms with Gasteiger partial charge in [0.15, 0.2) is 6.61 Å². The van der Waals surface area contributed by atoms with Gasteiger partial charge in [0.25, 0.3) is 5.69 Å². The number of carbonyl (C=O) groups is 1. The van der Waals surface area contributed by atoms with Crippen LogP contribution in [0, 0.1) is 21.4 Å². The van der Waals surface area contributed by atoms with E-state index in [9.17, 15) is 20.2 Å². The highest BCUT2D eigenvalue weighted by atomic mass is 16.6. The number of nitrogens with two attached hydrogens (primary N) is 1. The van der Waals surface area contributed by atoms with Crippen LogP contribution in [0.3, 0.4) is 0 Å². The molecule has 3 aromatic rings. The molecule has 1 aliphatic heterocycles. The number of ether oxygens (including phenoxy) is 3. The zero-order chi connectivity index (χ0) is 24.9. The molecule has 1 heterocycles. The summed E-state index contributed by atoms with van der Waals surface area (Å²) in [6, 6.07) is 20.1. The van der Waals surface area contributed by atoms with Crippen LogP contribution >= 0.6 is 0 Å². The van der Waals surface area contributed by atoms with E-state index in [4.69, 9.17) is 19.9 Å². The number of non-ortho nitro benzene ring substituents is 1. The van der Waals surface area contributed by atoms with E-state index >= 15 is 0 Å². The van der Waals surface area contributed by atoms with Crippen LogP contribution in [0.15, 0.2) is 78.2 Å². The molecule has 9 nitrogen and oxygen atoms in total. The number of aryl methyl sites for hydroxylation is 1. The first-order valence-corrected chi connectivity index (χ1v) is 10.8. The highest BCUT2D eigenvalue weighted by Gasteiger charge is 2.31. The lowest BCUT2D eigenvalue weighted by Gasteiger charge is -2.26. The van der Waals surface area contributed by atoms with Gasteiger partial charge >= 0.3 is 5.97 Å². The maximum absolute atomic E-state index is 12.3. The van der Waals surface area contributed by atoms with Crippen molar-refractivity contribution in [1.29, 1.82) is 5.26 Å². The Morgan fingerprint density at radius 2 is 1.80 bits per heavy atom. The molecule has 0 amide bonds. The molecule has 176 valence electrons. The van der Waals surface area contributed by atoms with Gasteiger partial charge in [-0.25, -0.2) is 4.79 Å². The first-order valence-electron chi connectivity index (χ1n) is 10.8. The summed E-state index contributed by atoms with van der Waals surface area (Å²) >= 11 is 0. The molecule has 9 heteroatoms. The Kier molecular flexibility index (Phi) is 6.64. The van der Waals surface area contributed by atoms with E-state index in [0.29, 0.717) is 22.6 Å². The summed E-state index contributed by atoms with van der Waals surface area (Å²) < 4.78 is 16.5. The van der Waals surface area contributed by atoms with Gasteiger partial charge in [-0.15, -0.1) is 0 Å². The lowest BCUT2D eigenvalue weighted by Crippen LogP contribution is -2.21. The fourth-order valence-electron chi connectivity index (χ4n) is 3.76. The molecular formula is C26H21N3O6. The summed E-state index contributed by atoms with van der Waals surface area (Å²) in [7, 11) is 0. The van der Waals surface area contributed by atoms with Crippen molar-refractivity contribution in [2.24, 2.45) is 5.73 Å². The van der Waals surface area contributed by atoms with Crippen LogP contribution in [-0.4, -0.2) is 17.5 Å². The monoisotopic (exact) mass is 471 g/mol. The van der Waals surface area contributed by atoms with Gasteiger partial charge in [0.1, 0.15) is 28.9 Å². The number of benzene rings is 3. The lowest BCUT2D eigenvalue weighted by atomic mass is 9.83. The molecule has 3 aromatic carbocycles. The van der Waals surface area contributed by atoms with Crippen molar-refractivity contribution < 1.29 is 23.9 Å². The van der Waals surface area contributed by atoms with Crippen LogP contribution in [0.25, 0.3) is 0 Å². The number of nitro benzene ring substituents is 1. The van der Waals surface area contributed by atoms with Gasteiger partial charge in [0.05, 0.1) is 10.8 Å². The molecule has 0 bridgehead atoms. The number of hydrogen-bond donors (Lipinski definition) is 1. The second-order valence-electron chi connectivity index (χ2n) is 7.73. The topological polar surface area (TPSA) is 138 Å². The summed E-state index contributed by atoms with van der Waals surface area (Å²) in [5, 5.41) is 20.6. The number of nitrogens with zero attached hydrogens (tertiary/aromatic N) is 2. The molecular weight excluding hydrogens is 450 g/mol. The summed E-state index contributed by atoms with van der Waals surface area (Å²) in [5.74, 6) is -0.204. The average Bonchev–Trinajstić information content (AvgIpc) is 2.87. The van der Waals surface area contributed by atoms with Gasteiger partial charge < -0.3 is 19.9 Å². The molecule has 2 N–H and O–H groups in total. The van der Waals surface area contributed by atoms with Gasteiger partial charge in [-0.1, -0.05) is 37.3 Å². The average molecular weight is 471 g/mol. The van der Waals surface area contributed by atoms with Gasteiger partial charge in [-0.05, 0) is 35.7 Å². The summed E-state index contributed by atoms with van der Waals surface area (Å²) in [4.78, 5) is 22.8. The van der Waals surface area contributed by atoms with E-state index in [0.717, 1.165) is 12.0 Å². The quantitative estimate of drug-likeness (QED) is 0.232. The number of fused-ring (bicyclic) bond motifs is 1. The Balaban J connectivity index is 1.52. The first-order chi connectivity index (χ1) is 16.9. The summed E-state index contributed by atoms with van der Waals surface area (Å²) in [6.07, 6.45) is 0.906. The number of nitriles is 1. The third kappa shape index (κ3) is 5.07. The van der Waals surface area contributed by atoms with Crippen LogP contribution < -0.4 is 19.9 Å². The van der Waals surface area contributed by atoms with Crippen molar-refractivity contribution >= 4 is 11.7 Å². The van der Waals surface area contributed by atoms with Crippen molar-refractivity contribution in [3.63, 3.8) is 0 Å². The maximum Gasteiger partial charge on any atom is 0.349 e. The van der Waals surface area contributed by atoms with Gasteiger partial charge in [0, 0.05) is 23.8 Å². The Bertz CT molecular complexity index is 1340. The summed E-state index contributed by atoms with van der Waals surface area (Å²) in [6.45, 7) is 1.77. The van der Waals surface area contributed by atoms with Gasteiger partial charge in [-0.3, -0.25) is 10.1 Å². The van der Waals surface area contributed by atoms with Crippen LogP contribution in [0.1, 0.15) is 29.5 Å². The van der Waals surface area contributed by atoms with Crippen LogP contribution in [-0.2, 0) is 11.2 Å².